The van der Waals surface area contributed by atoms with E-state index in [1.807, 2.05) is 17.5 Å². The lowest BCUT2D eigenvalue weighted by molar-refractivity contribution is 0.0706. The monoisotopic (exact) mass is 359 g/mol. The summed E-state index contributed by atoms with van der Waals surface area (Å²) in [6.45, 7) is 0.670. The molecule has 1 fully saturated rings. The van der Waals surface area contributed by atoms with Gasteiger partial charge in [-0.15, -0.1) is 11.3 Å². The van der Waals surface area contributed by atoms with Gasteiger partial charge in [0.1, 0.15) is 5.58 Å². The van der Waals surface area contributed by atoms with Crippen LogP contribution in [0.15, 0.2) is 51.0 Å². The molecule has 3 heterocycles. The zero-order valence-corrected chi connectivity index (χ0v) is 14.3. The average molecular weight is 360 g/mol. The van der Waals surface area contributed by atoms with Crippen LogP contribution in [0.3, 0.4) is 0 Å². The molecule has 4 rings (SSSR count). The Bertz CT molecular complexity index is 964. The molecule has 0 saturated carbocycles. The number of fused-ring (bicyclic) bond motifs is 1. The summed E-state index contributed by atoms with van der Waals surface area (Å²) in [5, 5.41) is 2.86. The Morgan fingerprint density at radius 2 is 2.17 bits per heavy atom. The highest BCUT2D eigenvalue weighted by molar-refractivity contribution is 7.10. The van der Waals surface area contributed by atoms with E-state index in [2.05, 4.69) is 0 Å². The van der Waals surface area contributed by atoms with Crippen LogP contribution in [0.5, 0.6) is 0 Å². The van der Waals surface area contributed by atoms with Gasteiger partial charge in [0.25, 0.3) is 5.91 Å². The van der Waals surface area contributed by atoms with Gasteiger partial charge in [0, 0.05) is 22.5 Å². The highest BCUT2D eigenvalue weighted by Gasteiger charge is 2.32. The number of rotatable bonds is 2. The molecule has 0 aliphatic carbocycles. The van der Waals surface area contributed by atoms with Gasteiger partial charge in [0.15, 0.2) is 11.2 Å². The maximum absolute atomic E-state index is 12.9. The molecule has 0 radical (unpaired) electrons. The number of likely N-dealkylation sites (tertiary alicyclic amines) is 1. The van der Waals surface area contributed by atoms with Crippen molar-refractivity contribution in [1.82, 2.24) is 4.90 Å². The molecule has 0 bridgehead atoms. The third-order valence-corrected chi connectivity index (χ3v) is 5.49. The Kier molecular flexibility index (Phi) is 3.90. The van der Waals surface area contributed by atoms with Gasteiger partial charge < -0.3 is 9.32 Å². The van der Waals surface area contributed by atoms with E-state index in [4.69, 9.17) is 16.0 Å². The molecule has 0 N–H and O–H groups in total. The van der Waals surface area contributed by atoms with E-state index in [1.54, 1.807) is 34.4 Å². The molecule has 1 aromatic carbocycles. The molecule has 3 aromatic rings. The number of benzene rings is 1. The van der Waals surface area contributed by atoms with Crippen LogP contribution in [0.25, 0.3) is 11.0 Å². The molecule has 1 amide bonds. The van der Waals surface area contributed by atoms with Crippen LogP contribution >= 0.6 is 22.9 Å². The Morgan fingerprint density at radius 1 is 1.29 bits per heavy atom. The molecule has 2 aromatic heterocycles. The van der Waals surface area contributed by atoms with Gasteiger partial charge in [-0.2, -0.15) is 0 Å². The van der Waals surface area contributed by atoms with E-state index in [9.17, 15) is 9.59 Å². The first-order valence-electron chi connectivity index (χ1n) is 7.71. The van der Waals surface area contributed by atoms with E-state index in [0.717, 1.165) is 17.7 Å². The third kappa shape index (κ3) is 2.64. The third-order valence-electron chi connectivity index (χ3n) is 4.29. The number of halogens is 1. The van der Waals surface area contributed by atoms with E-state index in [1.165, 1.54) is 6.07 Å². The predicted molar refractivity (Wildman–Crippen MR) is 94.8 cm³/mol. The molecular weight excluding hydrogens is 346 g/mol. The molecule has 1 unspecified atom stereocenters. The summed E-state index contributed by atoms with van der Waals surface area (Å²) >= 11 is 7.56. The molecule has 0 spiro atoms. The van der Waals surface area contributed by atoms with Gasteiger partial charge in [-0.1, -0.05) is 17.7 Å². The summed E-state index contributed by atoms with van der Waals surface area (Å²) in [6.07, 6.45) is 1.88. The zero-order valence-electron chi connectivity index (χ0n) is 12.7. The second-order valence-electron chi connectivity index (χ2n) is 5.79. The molecule has 122 valence electrons. The minimum Gasteiger partial charge on any atom is -0.451 e. The summed E-state index contributed by atoms with van der Waals surface area (Å²) in [6, 6.07) is 10.2. The van der Waals surface area contributed by atoms with Gasteiger partial charge in [0.2, 0.25) is 0 Å². The SMILES string of the molecule is O=C(c1cc(=O)c2cc(Cl)ccc2o1)N1CCCC1c1cccs1. The number of amides is 1. The first kappa shape index (κ1) is 15.4. The summed E-state index contributed by atoms with van der Waals surface area (Å²) in [4.78, 5) is 28.1. The van der Waals surface area contributed by atoms with Gasteiger partial charge >= 0.3 is 0 Å². The fraction of sp³-hybridized carbons (Fsp3) is 0.222. The average Bonchev–Trinajstić information content (AvgIpc) is 3.25. The number of nitrogens with zero attached hydrogens (tertiary/aromatic N) is 1. The van der Waals surface area contributed by atoms with Crippen molar-refractivity contribution in [3.05, 3.63) is 67.7 Å². The second kappa shape index (κ2) is 6.07. The predicted octanol–water partition coefficient (Wildman–Crippen LogP) is 4.49. The van der Waals surface area contributed by atoms with E-state index in [0.29, 0.717) is 22.5 Å². The van der Waals surface area contributed by atoms with Crippen LogP contribution in [0.1, 0.15) is 34.3 Å². The lowest BCUT2D eigenvalue weighted by Gasteiger charge is -2.23. The van der Waals surface area contributed by atoms with Gasteiger partial charge in [0.05, 0.1) is 11.4 Å². The highest BCUT2D eigenvalue weighted by atomic mass is 35.5. The topological polar surface area (TPSA) is 50.5 Å². The quantitative estimate of drug-likeness (QED) is 0.677. The first-order chi connectivity index (χ1) is 11.6. The number of thiophene rings is 1. The normalized spacial score (nSPS) is 17.5. The number of hydrogen-bond acceptors (Lipinski definition) is 4. The van der Waals surface area contributed by atoms with Crippen LogP contribution in [0, 0.1) is 0 Å². The van der Waals surface area contributed by atoms with Crippen molar-refractivity contribution in [2.45, 2.75) is 18.9 Å². The van der Waals surface area contributed by atoms with Gasteiger partial charge in [-0.3, -0.25) is 9.59 Å². The van der Waals surface area contributed by atoms with Gasteiger partial charge in [-0.25, -0.2) is 0 Å². The van der Waals surface area contributed by atoms with Crippen molar-refractivity contribution in [3.63, 3.8) is 0 Å². The maximum Gasteiger partial charge on any atom is 0.290 e. The standard InChI is InChI=1S/C18H14ClNO3S/c19-11-5-6-15-12(9-11)14(21)10-16(23-15)18(22)20-7-1-3-13(20)17-4-2-8-24-17/h2,4-6,8-10,13H,1,3,7H2. The van der Waals surface area contributed by atoms with Crippen molar-refractivity contribution in [3.8, 4) is 0 Å². The second-order valence-corrected chi connectivity index (χ2v) is 7.20. The van der Waals surface area contributed by atoms with Crippen molar-refractivity contribution >= 4 is 39.8 Å². The Hall–Kier alpha value is -2.11. The van der Waals surface area contributed by atoms with Crippen molar-refractivity contribution in [1.29, 1.82) is 0 Å². The summed E-state index contributed by atoms with van der Waals surface area (Å²) in [5.41, 5.74) is 0.121. The van der Waals surface area contributed by atoms with E-state index < -0.39 is 0 Å². The summed E-state index contributed by atoms with van der Waals surface area (Å²) in [5.74, 6) is -0.155. The number of carbonyl (C=O) groups excluding carboxylic acids is 1. The molecular formula is C18H14ClNO3S. The lowest BCUT2D eigenvalue weighted by atomic mass is 10.1. The Morgan fingerprint density at radius 3 is 2.96 bits per heavy atom. The number of carbonyl (C=O) groups is 1. The molecule has 24 heavy (non-hydrogen) atoms. The fourth-order valence-corrected chi connectivity index (χ4v) is 4.21. The number of hydrogen-bond donors (Lipinski definition) is 0. The Balaban J connectivity index is 1.73. The zero-order chi connectivity index (χ0) is 16.7. The van der Waals surface area contributed by atoms with Crippen LogP contribution in [-0.4, -0.2) is 17.4 Å². The highest BCUT2D eigenvalue weighted by Crippen LogP contribution is 2.35. The first-order valence-corrected chi connectivity index (χ1v) is 8.97. The fourth-order valence-electron chi connectivity index (χ4n) is 3.16. The Labute approximate surface area is 147 Å². The summed E-state index contributed by atoms with van der Waals surface area (Å²) < 4.78 is 5.69. The van der Waals surface area contributed by atoms with Crippen LogP contribution < -0.4 is 5.43 Å². The van der Waals surface area contributed by atoms with Crippen LogP contribution in [-0.2, 0) is 0 Å². The minimum atomic E-state index is -0.256. The minimum absolute atomic E-state index is 0.0590. The van der Waals surface area contributed by atoms with E-state index >= 15 is 0 Å². The molecule has 1 aliphatic heterocycles. The lowest BCUT2D eigenvalue weighted by Crippen LogP contribution is -2.30. The van der Waals surface area contributed by atoms with Gasteiger partial charge in [-0.05, 0) is 42.5 Å². The van der Waals surface area contributed by atoms with E-state index in [-0.39, 0.29) is 23.1 Å². The van der Waals surface area contributed by atoms with Crippen LogP contribution in [0.2, 0.25) is 5.02 Å². The largest absolute Gasteiger partial charge is 0.451 e. The smallest absolute Gasteiger partial charge is 0.290 e. The van der Waals surface area contributed by atoms with Crippen molar-refractivity contribution in [2.75, 3.05) is 6.54 Å². The molecule has 1 aliphatic rings. The van der Waals surface area contributed by atoms with Crippen LogP contribution in [0.4, 0.5) is 0 Å². The maximum atomic E-state index is 12.9. The molecule has 6 heteroatoms. The van der Waals surface area contributed by atoms with Crippen molar-refractivity contribution in [2.24, 2.45) is 0 Å². The molecule has 1 atom stereocenters. The molecule has 4 nitrogen and oxygen atoms in total. The molecule has 1 saturated heterocycles. The van der Waals surface area contributed by atoms with Crippen molar-refractivity contribution < 1.29 is 9.21 Å². The summed E-state index contributed by atoms with van der Waals surface area (Å²) in [7, 11) is 0.